The SMILES string of the molecule is Cc1nc2c[c]ccc2n1-c1ccc(F)cc1. The first kappa shape index (κ1) is 10.0. The Morgan fingerprint density at radius 1 is 1.18 bits per heavy atom. The Morgan fingerprint density at radius 2 is 1.94 bits per heavy atom. The maximum absolute atomic E-state index is 12.9. The summed E-state index contributed by atoms with van der Waals surface area (Å²) in [6.07, 6.45) is 0. The number of fused-ring (bicyclic) bond motifs is 1. The third-order valence-electron chi connectivity index (χ3n) is 2.75. The van der Waals surface area contributed by atoms with E-state index in [0.717, 1.165) is 22.5 Å². The van der Waals surface area contributed by atoms with Gasteiger partial charge in [-0.25, -0.2) is 9.37 Å². The molecule has 1 aromatic heterocycles. The maximum atomic E-state index is 12.9. The van der Waals surface area contributed by atoms with Crippen molar-refractivity contribution in [2.75, 3.05) is 0 Å². The highest BCUT2D eigenvalue weighted by molar-refractivity contribution is 5.77. The maximum Gasteiger partial charge on any atom is 0.123 e. The van der Waals surface area contributed by atoms with Crippen LogP contribution in [0.4, 0.5) is 4.39 Å². The lowest BCUT2D eigenvalue weighted by molar-refractivity contribution is 0.627. The van der Waals surface area contributed by atoms with Crippen molar-refractivity contribution < 1.29 is 4.39 Å². The lowest BCUT2D eigenvalue weighted by Crippen LogP contribution is -1.96. The molecule has 3 aromatic rings. The van der Waals surface area contributed by atoms with Crippen LogP contribution in [-0.2, 0) is 0 Å². The van der Waals surface area contributed by atoms with Crippen molar-refractivity contribution in [2.24, 2.45) is 0 Å². The summed E-state index contributed by atoms with van der Waals surface area (Å²) in [6, 6.07) is 15.1. The van der Waals surface area contributed by atoms with E-state index in [1.54, 1.807) is 12.1 Å². The van der Waals surface area contributed by atoms with Gasteiger partial charge in [-0.05, 0) is 49.4 Å². The van der Waals surface area contributed by atoms with Crippen molar-refractivity contribution in [1.29, 1.82) is 0 Å². The van der Waals surface area contributed by atoms with Crippen molar-refractivity contribution in [3.05, 3.63) is 60.2 Å². The monoisotopic (exact) mass is 225 g/mol. The third-order valence-corrected chi connectivity index (χ3v) is 2.75. The fourth-order valence-corrected chi connectivity index (χ4v) is 2.01. The van der Waals surface area contributed by atoms with Gasteiger partial charge in [0.2, 0.25) is 0 Å². The zero-order valence-corrected chi connectivity index (χ0v) is 9.31. The van der Waals surface area contributed by atoms with Gasteiger partial charge in [0.1, 0.15) is 11.6 Å². The molecule has 2 aromatic carbocycles. The molecule has 3 heteroatoms. The van der Waals surface area contributed by atoms with E-state index in [-0.39, 0.29) is 5.82 Å². The van der Waals surface area contributed by atoms with Gasteiger partial charge in [-0.15, -0.1) is 0 Å². The summed E-state index contributed by atoms with van der Waals surface area (Å²) < 4.78 is 14.9. The van der Waals surface area contributed by atoms with Crippen molar-refractivity contribution in [3.63, 3.8) is 0 Å². The van der Waals surface area contributed by atoms with Crippen LogP contribution in [0.15, 0.2) is 42.5 Å². The summed E-state index contributed by atoms with van der Waals surface area (Å²) in [4.78, 5) is 4.45. The van der Waals surface area contributed by atoms with Crippen LogP contribution >= 0.6 is 0 Å². The molecule has 0 aliphatic carbocycles. The first-order valence-corrected chi connectivity index (χ1v) is 5.37. The Hall–Kier alpha value is -2.16. The zero-order chi connectivity index (χ0) is 11.8. The number of rotatable bonds is 1. The summed E-state index contributed by atoms with van der Waals surface area (Å²) in [6.45, 7) is 1.93. The van der Waals surface area contributed by atoms with Crippen molar-refractivity contribution in [3.8, 4) is 5.69 Å². The molecule has 0 spiro atoms. The minimum atomic E-state index is -0.232. The van der Waals surface area contributed by atoms with Crippen LogP contribution in [0, 0.1) is 18.8 Å². The van der Waals surface area contributed by atoms with Crippen LogP contribution in [0.5, 0.6) is 0 Å². The molecule has 17 heavy (non-hydrogen) atoms. The highest BCUT2D eigenvalue weighted by Crippen LogP contribution is 2.20. The highest BCUT2D eigenvalue weighted by atomic mass is 19.1. The van der Waals surface area contributed by atoms with Gasteiger partial charge in [-0.3, -0.25) is 4.57 Å². The first-order chi connectivity index (χ1) is 8.25. The van der Waals surface area contributed by atoms with Crippen LogP contribution in [0.25, 0.3) is 16.7 Å². The van der Waals surface area contributed by atoms with E-state index in [2.05, 4.69) is 11.1 Å². The quantitative estimate of drug-likeness (QED) is 0.621. The van der Waals surface area contributed by atoms with E-state index in [4.69, 9.17) is 0 Å². The molecular formula is C14H10FN2. The van der Waals surface area contributed by atoms with E-state index in [0.29, 0.717) is 0 Å². The summed E-state index contributed by atoms with van der Waals surface area (Å²) >= 11 is 0. The van der Waals surface area contributed by atoms with Gasteiger partial charge in [-0.2, -0.15) is 0 Å². The van der Waals surface area contributed by atoms with Gasteiger partial charge in [0.15, 0.2) is 0 Å². The number of aromatic nitrogens is 2. The molecule has 0 fully saturated rings. The van der Waals surface area contributed by atoms with Crippen molar-refractivity contribution >= 4 is 11.0 Å². The number of nitrogens with zero attached hydrogens (tertiary/aromatic N) is 2. The Bertz CT molecular complexity index is 668. The summed E-state index contributed by atoms with van der Waals surface area (Å²) in [5.41, 5.74) is 2.82. The van der Waals surface area contributed by atoms with Gasteiger partial charge < -0.3 is 0 Å². The van der Waals surface area contributed by atoms with E-state index in [1.807, 2.05) is 29.7 Å². The second-order valence-corrected chi connectivity index (χ2v) is 3.89. The minimum absolute atomic E-state index is 0.232. The van der Waals surface area contributed by atoms with E-state index < -0.39 is 0 Å². The molecule has 0 atom stereocenters. The lowest BCUT2D eigenvalue weighted by atomic mass is 10.2. The lowest BCUT2D eigenvalue weighted by Gasteiger charge is -2.06. The molecule has 83 valence electrons. The molecule has 1 radical (unpaired) electrons. The molecule has 0 amide bonds. The normalized spacial score (nSPS) is 10.9. The zero-order valence-electron chi connectivity index (χ0n) is 9.31. The average molecular weight is 225 g/mol. The Balaban J connectivity index is 2.29. The molecule has 0 aliphatic heterocycles. The molecule has 0 saturated heterocycles. The molecule has 3 rings (SSSR count). The highest BCUT2D eigenvalue weighted by Gasteiger charge is 2.08. The number of aryl methyl sites for hydroxylation is 1. The fraction of sp³-hybridized carbons (Fsp3) is 0.0714. The van der Waals surface area contributed by atoms with Gasteiger partial charge in [0.05, 0.1) is 11.0 Å². The number of benzene rings is 2. The predicted molar refractivity (Wildman–Crippen MR) is 64.6 cm³/mol. The second-order valence-electron chi connectivity index (χ2n) is 3.89. The van der Waals surface area contributed by atoms with E-state index in [1.165, 1.54) is 12.1 Å². The summed E-state index contributed by atoms with van der Waals surface area (Å²) in [5, 5.41) is 0. The van der Waals surface area contributed by atoms with Crippen LogP contribution in [0.1, 0.15) is 5.82 Å². The van der Waals surface area contributed by atoms with Crippen molar-refractivity contribution in [1.82, 2.24) is 9.55 Å². The van der Waals surface area contributed by atoms with E-state index in [9.17, 15) is 4.39 Å². The second kappa shape index (κ2) is 3.70. The van der Waals surface area contributed by atoms with Crippen molar-refractivity contribution in [2.45, 2.75) is 6.92 Å². The minimum Gasteiger partial charge on any atom is -0.297 e. The Labute approximate surface area is 98.3 Å². The fourth-order valence-electron chi connectivity index (χ4n) is 2.01. The molecular weight excluding hydrogens is 215 g/mol. The van der Waals surface area contributed by atoms with Gasteiger partial charge >= 0.3 is 0 Å². The van der Waals surface area contributed by atoms with Gasteiger partial charge in [0, 0.05) is 5.69 Å². The number of imidazole rings is 1. The third kappa shape index (κ3) is 1.60. The predicted octanol–water partition coefficient (Wildman–Crippen LogP) is 3.27. The molecule has 0 bridgehead atoms. The van der Waals surface area contributed by atoms with Crippen LogP contribution < -0.4 is 0 Å². The summed E-state index contributed by atoms with van der Waals surface area (Å²) in [5.74, 6) is 0.648. The van der Waals surface area contributed by atoms with Crippen LogP contribution in [-0.4, -0.2) is 9.55 Å². The summed E-state index contributed by atoms with van der Waals surface area (Å²) in [7, 11) is 0. The molecule has 0 unspecified atom stereocenters. The first-order valence-electron chi connectivity index (χ1n) is 5.37. The molecule has 0 saturated carbocycles. The van der Waals surface area contributed by atoms with Gasteiger partial charge in [0.25, 0.3) is 0 Å². The largest absolute Gasteiger partial charge is 0.297 e. The standard InChI is InChI=1S/C14H10FN2/c1-10-16-13-4-2-3-5-14(13)17(10)12-8-6-11(15)7-9-12/h3-9H,1H3. The molecule has 1 heterocycles. The van der Waals surface area contributed by atoms with Gasteiger partial charge in [-0.1, -0.05) is 6.07 Å². The number of hydrogen-bond acceptors (Lipinski definition) is 1. The Morgan fingerprint density at radius 3 is 2.71 bits per heavy atom. The molecule has 0 aliphatic rings. The number of halogens is 1. The number of hydrogen-bond donors (Lipinski definition) is 0. The van der Waals surface area contributed by atoms with Crippen LogP contribution in [0.3, 0.4) is 0 Å². The molecule has 0 N–H and O–H groups in total. The molecule has 2 nitrogen and oxygen atoms in total. The topological polar surface area (TPSA) is 17.8 Å². The van der Waals surface area contributed by atoms with Crippen LogP contribution in [0.2, 0.25) is 0 Å². The average Bonchev–Trinajstić information content (AvgIpc) is 2.66. The smallest absolute Gasteiger partial charge is 0.123 e. The van der Waals surface area contributed by atoms with E-state index >= 15 is 0 Å². The Kier molecular flexibility index (Phi) is 2.18.